The van der Waals surface area contributed by atoms with E-state index in [4.69, 9.17) is 4.74 Å². The summed E-state index contributed by atoms with van der Waals surface area (Å²) in [6.45, 7) is 12.9. The molecule has 1 N–H and O–H groups in total. The lowest BCUT2D eigenvalue weighted by Gasteiger charge is -2.34. The van der Waals surface area contributed by atoms with Crippen molar-refractivity contribution in [3.05, 3.63) is 53.6 Å². The molecule has 2 aromatic rings. The average molecular weight is 497 g/mol. The third-order valence-electron chi connectivity index (χ3n) is 6.39. The number of rotatable bonds is 8. The zero-order valence-electron chi connectivity index (χ0n) is 22.4. The van der Waals surface area contributed by atoms with Crippen LogP contribution in [0.3, 0.4) is 0 Å². The maximum Gasteiger partial charge on any atom is 0.308 e. The normalized spacial score (nSPS) is 15.6. The number of hydrogen-bond donors (Lipinski definition) is 1. The molecule has 0 saturated carbocycles. The van der Waals surface area contributed by atoms with Gasteiger partial charge in [0.1, 0.15) is 17.5 Å². The van der Waals surface area contributed by atoms with Gasteiger partial charge in [0, 0.05) is 44.9 Å². The molecule has 1 aliphatic rings. The zero-order chi connectivity index (χ0) is 26.5. The molecule has 2 amide bonds. The molecule has 3 rings (SSSR count). The minimum atomic E-state index is -0.926. The Morgan fingerprint density at radius 1 is 1.11 bits per heavy atom. The number of aromatic nitrogens is 2. The van der Waals surface area contributed by atoms with Crippen LogP contribution in [-0.2, 0) is 25.7 Å². The van der Waals surface area contributed by atoms with Gasteiger partial charge in [-0.25, -0.2) is 4.98 Å². The third kappa shape index (κ3) is 7.67. The van der Waals surface area contributed by atoms with E-state index < -0.39 is 17.6 Å². The van der Waals surface area contributed by atoms with Gasteiger partial charge in [0.2, 0.25) is 11.8 Å². The molecule has 1 saturated heterocycles. The maximum atomic E-state index is 13.2. The summed E-state index contributed by atoms with van der Waals surface area (Å²) in [5.74, 6) is 0.669. The molecule has 1 unspecified atom stereocenters. The zero-order valence-corrected chi connectivity index (χ0v) is 22.4. The van der Waals surface area contributed by atoms with Gasteiger partial charge in [-0.1, -0.05) is 38.1 Å². The Balaban J connectivity index is 1.61. The molecule has 1 fully saturated rings. The van der Waals surface area contributed by atoms with Crippen LogP contribution in [0.25, 0.3) is 0 Å². The lowest BCUT2D eigenvalue weighted by molar-refractivity contribution is -0.157. The van der Waals surface area contributed by atoms with Crippen molar-refractivity contribution >= 4 is 17.8 Å². The Morgan fingerprint density at radius 3 is 2.31 bits per heavy atom. The van der Waals surface area contributed by atoms with Crippen molar-refractivity contribution in [3.63, 3.8) is 0 Å². The van der Waals surface area contributed by atoms with E-state index in [2.05, 4.69) is 53.0 Å². The summed E-state index contributed by atoms with van der Waals surface area (Å²) < 4.78 is 7.55. The Hall–Kier alpha value is -3.16. The van der Waals surface area contributed by atoms with E-state index in [0.29, 0.717) is 19.0 Å². The first-order valence-electron chi connectivity index (χ1n) is 12.8. The van der Waals surface area contributed by atoms with E-state index >= 15 is 0 Å². The Bertz CT molecular complexity index is 1040. The number of amides is 2. The van der Waals surface area contributed by atoms with Crippen molar-refractivity contribution in [1.29, 1.82) is 0 Å². The third-order valence-corrected chi connectivity index (χ3v) is 6.39. The summed E-state index contributed by atoms with van der Waals surface area (Å²) in [7, 11) is 0. The fraction of sp³-hybridized carbons (Fsp3) is 0.571. The topological polar surface area (TPSA) is 93.5 Å². The van der Waals surface area contributed by atoms with Crippen LogP contribution in [0, 0.1) is 0 Å². The summed E-state index contributed by atoms with van der Waals surface area (Å²) in [6, 6.07) is 7.79. The molecule has 1 aromatic carbocycles. The fourth-order valence-corrected chi connectivity index (χ4v) is 4.59. The molecule has 0 radical (unpaired) electrons. The monoisotopic (exact) mass is 496 g/mol. The second kappa shape index (κ2) is 11.7. The van der Waals surface area contributed by atoms with Crippen molar-refractivity contribution in [2.45, 2.75) is 90.8 Å². The molecule has 36 heavy (non-hydrogen) atoms. The quantitative estimate of drug-likeness (QED) is 0.558. The minimum Gasteiger partial charge on any atom is -0.460 e. The number of carbonyl (C=O) groups is 3. The van der Waals surface area contributed by atoms with Crippen molar-refractivity contribution in [3.8, 4) is 0 Å². The van der Waals surface area contributed by atoms with Gasteiger partial charge in [0.05, 0.1) is 6.42 Å². The van der Waals surface area contributed by atoms with Crippen LogP contribution in [0.4, 0.5) is 0 Å². The van der Waals surface area contributed by atoms with Crippen LogP contribution in [0.2, 0.25) is 0 Å². The van der Waals surface area contributed by atoms with E-state index in [-0.39, 0.29) is 24.2 Å². The van der Waals surface area contributed by atoms with Gasteiger partial charge >= 0.3 is 5.97 Å². The predicted octanol–water partition coefficient (Wildman–Crippen LogP) is 4.00. The maximum absolute atomic E-state index is 13.2. The van der Waals surface area contributed by atoms with Crippen LogP contribution in [-0.4, -0.2) is 57.0 Å². The van der Waals surface area contributed by atoms with Gasteiger partial charge < -0.3 is 19.5 Å². The average Bonchev–Trinajstić information content (AvgIpc) is 3.25. The number of likely N-dealkylation sites (tertiary alicyclic amines) is 1. The van der Waals surface area contributed by atoms with Crippen molar-refractivity contribution < 1.29 is 19.1 Å². The van der Waals surface area contributed by atoms with Crippen molar-refractivity contribution in [1.82, 2.24) is 19.8 Å². The molecular formula is C28H40N4O4. The van der Waals surface area contributed by atoms with Crippen LogP contribution in [0.1, 0.15) is 89.6 Å². The molecular weight excluding hydrogens is 456 g/mol. The highest BCUT2D eigenvalue weighted by Gasteiger charge is 2.33. The molecule has 1 aliphatic heterocycles. The molecule has 1 atom stereocenters. The predicted molar refractivity (Wildman–Crippen MR) is 138 cm³/mol. The van der Waals surface area contributed by atoms with E-state index in [1.54, 1.807) is 25.7 Å². The van der Waals surface area contributed by atoms with Crippen LogP contribution >= 0.6 is 0 Å². The molecule has 1 aromatic heterocycles. The number of ether oxygens (including phenoxy) is 1. The molecule has 0 bridgehead atoms. The highest BCUT2D eigenvalue weighted by molar-refractivity contribution is 5.90. The second-order valence-corrected chi connectivity index (χ2v) is 11.0. The van der Waals surface area contributed by atoms with Gasteiger partial charge in [-0.3, -0.25) is 14.4 Å². The first-order valence-corrected chi connectivity index (χ1v) is 12.8. The van der Waals surface area contributed by atoms with E-state index in [0.717, 1.165) is 25.2 Å². The molecule has 196 valence electrons. The summed E-state index contributed by atoms with van der Waals surface area (Å²) in [5.41, 5.74) is 1.90. The van der Waals surface area contributed by atoms with Crippen LogP contribution < -0.4 is 5.32 Å². The van der Waals surface area contributed by atoms with Crippen LogP contribution in [0.15, 0.2) is 36.7 Å². The highest BCUT2D eigenvalue weighted by Crippen LogP contribution is 2.28. The number of piperidine rings is 1. The second-order valence-electron chi connectivity index (χ2n) is 11.0. The van der Waals surface area contributed by atoms with Gasteiger partial charge in [-0.05, 0) is 50.7 Å². The van der Waals surface area contributed by atoms with Gasteiger partial charge in [0.15, 0.2) is 0 Å². The minimum absolute atomic E-state index is 0.185. The Morgan fingerprint density at radius 2 is 1.75 bits per heavy atom. The lowest BCUT2D eigenvalue weighted by atomic mass is 9.95. The molecule has 8 nitrogen and oxygen atoms in total. The van der Waals surface area contributed by atoms with E-state index in [1.165, 1.54) is 18.1 Å². The molecule has 8 heteroatoms. The lowest BCUT2D eigenvalue weighted by Crippen LogP contribution is -2.51. The number of esters is 1. The summed E-state index contributed by atoms with van der Waals surface area (Å²) >= 11 is 0. The van der Waals surface area contributed by atoms with Crippen molar-refractivity contribution in [2.24, 2.45) is 0 Å². The van der Waals surface area contributed by atoms with Gasteiger partial charge in [-0.2, -0.15) is 0 Å². The largest absolute Gasteiger partial charge is 0.460 e. The number of benzene rings is 1. The van der Waals surface area contributed by atoms with Gasteiger partial charge in [-0.15, -0.1) is 0 Å². The number of nitrogens with zero attached hydrogens (tertiary/aromatic N) is 3. The standard InChI is InChI=1S/C28H40N4O4/c1-19(2)22-9-7-21(8-10-22)18-32-16-13-29-26(32)23-11-14-31(15-12-23)27(35)24(30-20(3)33)17-25(34)36-28(4,5)6/h7-10,13,16,19,23-24H,11-12,14-15,17-18H2,1-6H3,(H,30,33). The SMILES string of the molecule is CC(=O)NC(CC(=O)OC(C)(C)C)C(=O)N1CCC(c2nccn2Cc2ccc(C(C)C)cc2)CC1. The number of imidazole rings is 1. The molecule has 2 heterocycles. The Labute approximate surface area is 214 Å². The number of nitrogens with one attached hydrogen (secondary N) is 1. The first kappa shape index (κ1) is 27.4. The van der Waals surface area contributed by atoms with E-state index in [9.17, 15) is 14.4 Å². The van der Waals surface area contributed by atoms with E-state index in [1.807, 2.05) is 12.4 Å². The fourth-order valence-electron chi connectivity index (χ4n) is 4.59. The van der Waals surface area contributed by atoms with Crippen molar-refractivity contribution in [2.75, 3.05) is 13.1 Å². The van der Waals surface area contributed by atoms with Gasteiger partial charge in [0.25, 0.3) is 0 Å². The molecule has 0 aliphatic carbocycles. The molecule has 0 spiro atoms. The highest BCUT2D eigenvalue weighted by atomic mass is 16.6. The summed E-state index contributed by atoms with van der Waals surface area (Å²) in [4.78, 5) is 43.6. The number of carbonyl (C=O) groups excluding carboxylic acids is 3. The van der Waals surface area contributed by atoms with Crippen LogP contribution in [0.5, 0.6) is 0 Å². The summed E-state index contributed by atoms with van der Waals surface area (Å²) in [5, 5.41) is 2.63. The number of hydrogen-bond acceptors (Lipinski definition) is 5. The summed E-state index contributed by atoms with van der Waals surface area (Å²) in [6.07, 6.45) is 5.21. The Kier molecular flexibility index (Phi) is 8.93. The first-order chi connectivity index (χ1) is 16.9. The smallest absolute Gasteiger partial charge is 0.308 e.